The SMILES string of the molecule is C=N[C@]12CC[C@]3(C)[C@@H](NS(=O)(=O)c4ccc(OC)cc4)CC[C@H]3[C@@H]1CC[C@H]1N(C)C(=O)C=C[C@@]12C. The molecule has 1 aliphatic heterocycles. The molecule has 0 spiro atoms. The summed E-state index contributed by atoms with van der Waals surface area (Å²) >= 11 is 0. The number of aliphatic imine (C=N–C) groups is 1. The van der Waals surface area contributed by atoms with Gasteiger partial charge in [-0.05, 0) is 92.8 Å². The van der Waals surface area contributed by atoms with Crippen molar-refractivity contribution in [3.63, 3.8) is 0 Å². The summed E-state index contributed by atoms with van der Waals surface area (Å²) in [4.78, 5) is 19.5. The van der Waals surface area contributed by atoms with E-state index in [0.717, 1.165) is 38.5 Å². The second-order valence-electron chi connectivity index (χ2n) is 11.4. The van der Waals surface area contributed by atoms with Crippen LogP contribution in [-0.2, 0) is 14.8 Å². The van der Waals surface area contributed by atoms with Crippen molar-refractivity contribution < 1.29 is 17.9 Å². The average Bonchev–Trinajstić information content (AvgIpc) is 3.17. The Morgan fingerprint density at radius 1 is 1.09 bits per heavy atom. The van der Waals surface area contributed by atoms with E-state index in [1.165, 1.54) is 0 Å². The predicted octanol–water partition coefficient (Wildman–Crippen LogP) is 3.80. The van der Waals surface area contributed by atoms with Crippen LogP contribution >= 0.6 is 0 Å². The van der Waals surface area contributed by atoms with Gasteiger partial charge < -0.3 is 9.64 Å². The number of ether oxygens (including phenoxy) is 1. The molecule has 3 saturated carbocycles. The molecule has 3 fully saturated rings. The fraction of sp³-hybridized carbons (Fsp3) is 0.630. The van der Waals surface area contributed by atoms with Crippen molar-refractivity contribution in [1.29, 1.82) is 0 Å². The largest absolute Gasteiger partial charge is 0.497 e. The molecule has 0 saturated heterocycles. The van der Waals surface area contributed by atoms with Gasteiger partial charge in [-0.2, -0.15) is 0 Å². The summed E-state index contributed by atoms with van der Waals surface area (Å²) < 4.78 is 34.8. The molecule has 1 N–H and O–H groups in total. The van der Waals surface area contributed by atoms with E-state index in [9.17, 15) is 13.2 Å². The van der Waals surface area contributed by atoms with Gasteiger partial charge >= 0.3 is 0 Å². The molecular formula is C27H37N3O4S. The molecule has 8 heteroatoms. The van der Waals surface area contributed by atoms with Crippen LogP contribution in [-0.4, -0.2) is 57.7 Å². The Morgan fingerprint density at radius 2 is 1.77 bits per heavy atom. The first-order valence-electron chi connectivity index (χ1n) is 12.6. The highest BCUT2D eigenvalue weighted by molar-refractivity contribution is 7.89. The van der Waals surface area contributed by atoms with Crippen LogP contribution in [0, 0.1) is 22.7 Å². The van der Waals surface area contributed by atoms with Crippen LogP contribution in [0.5, 0.6) is 5.75 Å². The van der Waals surface area contributed by atoms with Crippen molar-refractivity contribution >= 4 is 22.6 Å². The van der Waals surface area contributed by atoms with E-state index >= 15 is 0 Å². The Balaban J connectivity index is 1.44. The standard InChI is InChI=1S/C27H37N3O4S/c1-25-16-17-27(28-3)21(11-13-23-26(27,2)15-14-24(31)30(23)4)20(25)10-12-22(25)29-35(32,33)19-8-6-18(34-5)7-9-19/h6-9,14-15,20-23,29H,3,10-13,16-17H2,1-2,4-5H3/t20-,21-,22-,23+,25-,26-,27+/m0/s1. The summed E-state index contributed by atoms with van der Waals surface area (Å²) in [6, 6.07) is 6.53. The second kappa shape index (κ2) is 8.17. The second-order valence-corrected chi connectivity index (χ2v) is 13.1. The van der Waals surface area contributed by atoms with Gasteiger partial charge in [-0.3, -0.25) is 9.79 Å². The Hall–Kier alpha value is -2.19. The molecule has 1 heterocycles. The van der Waals surface area contributed by atoms with Gasteiger partial charge in [-0.15, -0.1) is 0 Å². The maximum absolute atomic E-state index is 13.3. The lowest BCUT2D eigenvalue weighted by molar-refractivity contribution is -0.141. The zero-order valence-corrected chi connectivity index (χ0v) is 22.0. The molecule has 0 radical (unpaired) electrons. The van der Waals surface area contributed by atoms with Gasteiger partial charge in [0.2, 0.25) is 15.9 Å². The molecule has 35 heavy (non-hydrogen) atoms. The van der Waals surface area contributed by atoms with Crippen LogP contribution in [0.4, 0.5) is 0 Å². The van der Waals surface area contributed by atoms with Crippen molar-refractivity contribution in [3.05, 3.63) is 36.4 Å². The number of fused-ring (bicyclic) bond motifs is 5. The van der Waals surface area contributed by atoms with Crippen LogP contribution in [0.25, 0.3) is 0 Å². The molecule has 0 aromatic heterocycles. The number of hydrogen-bond donors (Lipinski definition) is 1. The Bertz CT molecular complexity index is 1170. The lowest BCUT2D eigenvalue weighted by Gasteiger charge is -2.65. The number of likely N-dealkylation sites (N-methyl/N-ethyl adjacent to an activating group) is 1. The number of methoxy groups -OCH3 is 1. The molecule has 1 aromatic rings. The molecule has 7 atom stereocenters. The number of amides is 1. The first-order valence-corrected chi connectivity index (χ1v) is 14.1. The molecule has 1 amide bonds. The average molecular weight is 500 g/mol. The Labute approximate surface area is 209 Å². The van der Waals surface area contributed by atoms with Crippen molar-refractivity contribution in [2.45, 2.75) is 74.9 Å². The van der Waals surface area contributed by atoms with E-state index in [4.69, 9.17) is 9.73 Å². The summed E-state index contributed by atoms with van der Waals surface area (Å²) in [6.45, 7) is 8.61. The van der Waals surface area contributed by atoms with Crippen LogP contribution in [0.15, 0.2) is 46.3 Å². The van der Waals surface area contributed by atoms with Gasteiger partial charge in [0.15, 0.2) is 0 Å². The highest BCUT2D eigenvalue weighted by Gasteiger charge is 2.67. The molecule has 7 nitrogen and oxygen atoms in total. The van der Waals surface area contributed by atoms with Gasteiger partial charge in [0, 0.05) is 24.5 Å². The minimum absolute atomic E-state index is 0.0552. The molecule has 0 bridgehead atoms. The summed E-state index contributed by atoms with van der Waals surface area (Å²) in [7, 11) is -0.183. The third-order valence-electron chi connectivity index (χ3n) is 10.3. The number of carbonyl (C=O) groups is 1. The monoisotopic (exact) mass is 499 g/mol. The van der Waals surface area contributed by atoms with Crippen molar-refractivity contribution in [2.24, 2.45) is 27.7 Å². The van der Waals surface area contributed by atoms with Crippen LogP contribution < -0.4 is 9.46 Å². The summed E-state index contributed by atoms with van der Waals surface area (Å²) in [5.74, 6) is 1.34. The molecule has 3 aliphatic carbocycles. The molecule has 5 rings (SSSR count). The topological polar surface area (TPSA) is 88.1 Å². The number of sulfonamides is 1. The number of benzene rings is 1. The minimum Gasteiger partial charge on any atom is -0.497 e. The molecule has 4 aliphatic rings. The highest BCUT2D eigenvalue weighted by atomic mass is 32.2. The first-order chi connectivity index (χ1) is 16.5. The van der Waals surface area contributed by atoms with Crippen LogP contribution in [0.3, 0.4) is 0 Å². The minimum atomic E-state index is -3.65. The Morgan fingerprint density at radius 3 is 2.43 bits per heavy atom. The quantitative estimate of drug-likeness (QED) is 0.624. The van der Waals surface area contributed by atoms with Gasteiger partial charge in [-0.1, -0.05) is 19.9 Å². The van der Waals surface area contributed by atoms with E-state index < -0.39 is 10.0 Å². The maximum atomic E-state index is 13.3. The van der Waals surface area contributed by atoms with E-state index in [1.54, 1.807) is 37.5 Å². The molecule has 1 aromatic carbocycles. The number of carbonyl (C=O) groups excluding carboxylic acids is 1. The summed E-state index contributed by atoms with van der Waals surface area (Å²) in [5, 5.41) is 0. The van der Waals surface area contributed by atoms with Crippen molar-refractivity contribution in [2.75, 3.05) is 14.2 Å². The van der Waals surface area contributed by atoms with Crippen LogP contribution in [0.1, 0.15) is 52.4 Å². The van der Waals surface area contributed by atoms with E-state index in [1.807, 2.05) is 11.9 Å². The lowest BCUT2D eigenvalue weighted by atomic mass is 9.44. The number of nitrogens with zero attached hydrogens (tertiary/aromatic N) is 2. The smallest absolute Gasteiger partial charge is 0.246 e. The lowest BCUT2D eigenvalue weighted by Crippen LogP contribution is -2.68. The van der Waals surface area contributed by atoms with Gasteiger partial charge in [0.25, 0.3) is 0 Å². The van der Waals surface area contributed by atoms with Gasteiger partial charge in [0.05, 0.1) is 17.5 Å². The van der Waals surface area contributed by atoms with Gasteiger partial charge in [-0.25, -0.2) is 13.1 Å². The van der Waals surface area contributed by atoms with E-state index in [0.29, 0.717) is 17.6 Å². The van der Waals surface area contributed by atoms with Crippen LogP contribution in [0.2, 0.25) is 0 Å². The predicted molar refractivity (Wildman–Crippen MR) is 136 cm³/mol. The highest BCUT2D eigenvalue weighted by Crippen LogP contribution is 2.67. The van der Waals surface area contributed by atoms with Crippen molar-refractivity contribution in [3.8, 4) is 5.75 Å². The molecule has 0 unspecified atom stereocenters. The van der Waals surface area contributed by atoms with Crippen molar-refractivity contribution in [1.82, 2.24) is 9.62 Å². The number of rotatable bonds is 5. The Kier molecular flexibility index (Phi) is 5.72. The third-order valence-corrected chi connectivity index (χ3v) is 11.8. The molecule has 190 valence electrons. The number of nitrogens with one attached hydrogen (secondary N) is 1. The number of hydrogen-bond acceptors (Lipinski definition) is 5. The third kappa shape index (κ3) is 3.35. The zero-order chi connectivity index (χ0) is 25.2. The normalized spacial score (nSPS) is 40.6. The maximum Gasteiger partial charge on any atom is 0.246 e. The zero-order valence-electron chi connectivity index (χ0n) is 21.2. The fourth-order valence-electron chi connectivity index (χ4n) is 8.23. The summed E-state index contributed by atoms with van der Waals surface area (Å²) in [6.07, 6.45) is 9.21. The fourth-order valence-corrected chi connectivity index (χ4v) is 9.63. The van der Waals surface area contributed by atoms with E-state index in [2.05, 4.69) is 31.4 Å². The van der Waals surface area contributed by atoms with E-state index in [-0.39, 0.29) is 39.3 Å². The first kappa shape index (κ1) is 24.5. The molecular weight excluding hydrogens is 462 g/mol. The summed E-state index contributed by atoms with van der Waals surface area (Å²) in [5.41, 5.74) is -0.778. The van der Waals surface area contributed by atoms with Gasteiger partial charge in [0.1, 0.15) is 5.75 Å².